The van der Waals surface area contributed by atoms with Gasteiger partial charge in [-0.05, 0) is 6.08 Å². The highest BCUT2D eigenvalue weighted by Gasteiger charge is 2.72. The monoisotopic (exact) mass is 123 g/mol. The molecule has 0 amide bonds. The molecular weight excluding hydrogens is 121 g/mol. The molecule has 3 rings (SSSR count). The first-order chi connectivity index (χ1) is 3.85. The summed E-state index contributed by atoms with van der Waals surface area (Å²) in [5.41, 5.74) is 0.898. The van der Waals surface area contributed by atoms with Crippen molar-refractivity contribution >= 4 is 13.4 Å². The lowest BCUT2D eigenvalue weighted by atomic mass is 10.4. The van der Waals surface area contributed by atoms with Gasteiger partial charge in [0.1, 0.15) is 5.44 Å². The summed E-state index contributed by atoms with van der Waals surface area (Å²) < 4.78 is 11.1. The summed E-state index contributed by atoms with van der Waals surface area (Å²) in [6, 6.07) is 0. The average Bonchev–Trinajstić information content (AvgIpc) is 2.60. The summed E-state index contributed by atoms with van der Waals surface area (Å²) in [6.45, 7) is 0. The third kappa shape index (κ3) is 0.138. The van der Waals surface area contributed by atoms with Crippen LogP contribution < -0.4 is 0 Å². The van der Waals surface area contributed by atoms with Crippen LogP contribution in [0.25, 0.3) is 0 Å². The molecule has 3 aliphatic rings. The van der Waals surface area contributed by atoms with E-state index in [2.05, 4.69) is 4.99 Å². The molecule has 0 aromatic carbocycles. The first-order valence-corrected chi connectivity index (χ1v) is 4.16. The molecule has 3 heterocycles. The molecule has 1 atom stereocenters. The number of allylic oxidation sites excluding steroid dienone is 3. The molecule has 38 valence electrons. The second-order valence-electron chi connectivity index (χ2n) is 2.11. The van der Waals surface area contributed by atoms with Gasteiger partial charge in [-0.25, -0.2) is 0 Å². The number of rotatable bonds is 0. The van der Waals surface area contributed by atoms with E-state index >= 15 is 0 Å². The van der Waals surface area contributed by atoms with E-state index in [0.717, 1.165) is 16.1 Å². The van der Waals surface area contributed by atoms with Crippen LogP contribution in [0.15, 0.2) is 27.1 Å². The van der Waals surface area contributed by atoms with Crippen LogP contribution in [0.1, 0.15) is 0 Å². The van der Waals surface area contributed by atoms with Crippen molar-refractivity contribution in [2.75, 3.05) is 0 Å². The van der Waals surface area contributed by atoms with Crippen LogP contribution in [0.4, 0.5) is 0 Å². The fourth-order valence-corrected chi connectivity index (χ4v) is 3.55. The van der Waals surface area contributed by atoms with Gasteiger partial charge in [-0.3, -0.25) is 4.99 Å². The van der Waals surface area contributed by atoms with E-state index in [-0.39, 0.29) is 0 Å². The van der Waals surface area contributed by atoms with Gasteiger partial charge < -0.3 is 4.57 Å². The van der Waals surface area contributed by atoms with E-state index in [1.165, 1.54) is 0 Å². The van der Waals surface area contributed by atoms with Gasteiger partial charge in [0.25, 0.3) is 0 Å². The second kappa shape index (κ2) is 0.611. The van der Waals surface area contributed by atoms with Crippen LogP contribution in [0.5, 0.6) is 0 Å². The maximum Gasteiger partial charge on any atom is 0.193 e. The standard InChI is InChI=1S/C5H2NOP/c7-8-3-1-2-6-5(8)4(3)8/h1-2H. The molecule has 1 unspecified atom stereocenters. The van der Waals surface area contributed by atoms with Gasteiger partial charge in [-0.2, -0.15) is 0 Å². The van der Waals surface area contributed by atoms with Crippen LogP contribution in [-0.2, 0) is 4.57 Å². The SMILES string of the molecule is O=P12c3ccnc1c32. The molecule has 0 N–H and O–H groups in total. The van der Waals surface area contributed by atoms with Crippen molar-refractivity contribution in [3.63, 3.8) is 0 Å². The van der Waals surface area contributed by atoms with Crippen LogP contribution in [0.3, 0.4) is 0 Å². The van der Waals surface area contributed by atoms with Crippen molar-refractivity contribution in [3.05, 3.63) is 22.1 Å². The summed E-state index contributed by atoms with van der Waals surface area (Å²) >= 11 is 0. The summed E-state index contributed by atoms with van der Waals surface area (Å²) in [6.07, 6.45) is 3.57. The highest BCUT2D eigenvalue weighted by atomic mass is 31.2. The number of aliphatic imine (C=N–C) groups is 1. The summed E-state index contributed by atoms with van der Waals surface area (Å²) in [7, 11) is -1.84. The first-order valence-electron chi connectivity index (χ1n) is 2.46. The van der Waals surface area contributed by atoms with Gasteiger partial charge in [0.05, 0.1) is 5.31 Å². The minimum absolute atomic E-state index is 0.898. The second-order valence-corrected chi connectivity index (χ2v) is 4.68. The predicted octanol–water partition coefficient (Wildman–Crippen LogP) is 1.51. The van der Waals surface area contributed by atoms with Crippen LogP contribution in [0.2, 0.25) is 0 Å². The lowest BCUT2D eigenvalue weighted by Gasteiger charge is -1.90. The Balaban J connectivity index is 2.56. The molecule has 0 bridgehead atoms. The molecule has 0 radical (unpaired) electrons. The lowest BCUT2D eigenvalue weighted by molar-refractivity contribution is 0.595. The molecule has 1 fully saturated rings. The van der Waals surface area contributed by atoms with E-state index in [0.29, 0.717) is 0 Å². The molecule has 0 spiro atoms. The highest BCUT2D eigenvalue weighted by Crippen LogP contribution is 3.02. The Hall–Kier alpha value is -0.620. The van der Waals surface area contributed by atoms with Crippen LogP contribution in [0, 0.1) is 0 Å². The first kappa shape index (κ1) is 3.41. The van der Waals surface area contributed by atoms with Crippen molar-refractivity contribution in [1.82, 2.24) is 0 Å². The van der Waals surface area contributed by atoms with Gasteiger partial charge in [0, 0.05) is 11.5 Å². The zero-order valence-corrected chi connectivity index (χ0v) is 4.85. The maximum absolute atomic E-state index is 11.1. The molecule has 0 saturated carbocycles. The maximum atomic E-state index is 11.1. The third-order valence-electron chi connectivity index (χ3n) is 1.74. The van der Waals surface area contributed by atoms with Crippen molar-refractivity contribution in [2.45, 2.75) is 0 Å². The number of nitrogens with zero attached hydrogens (tertiary/aromatic N) is 1. The predicted molar refractivity (Wildman–Crippen MR) is 31.2 cm³/mol. The van der Waals surface area contributed by atoms with E-state index in [1.54, 1.807) is 6.21 Å². The zero-order chi connectivity index (χ0) is 5.35. The average molecular weight is 123 g/mol. The van der Waals surface area contributed by atoms with Gasteiger partial charge in [0.2, 0.25) is 0 Å². The zero-order valence-electron chi connectivity index (χ0n) is 3.96. The van der Waals surface area contributed by atoms with Crippen molar-refractivity contribution in [1.29, 1.82) is 0 Å². The fourth-order valence-electron chi connectivity index (χ4n) is 1.15. The molecular formula is C5H2NOP. The summed E-state index contributed by atoms with van der Waals surface area (Å²) in [5.74, 6) is 0. The Kier molecular flexibility index (Phi) is 0.261. The Bertz CT molecular complexity index is 309. The smallest absolute Gasteiger partial charge is 0.193 e. The highest BCUT2D eigenvalue weighted by molar-refractivity contribution is 7.94. The molecule has 1 saturated heterocycles. The van der Waals surface area contributed by atoms with E-state index < -0.39 is 7.14 Å². The number of hydrogen-bond donors (Lipinski definition) is 0. The van der Waals surface area contributed by atoms with Crippen molar-refractivity contribution in [3.8, 4) is 0 Å². The minimum atomic E-state index is -1.84. The molecule has 0 aliphatic carbocycles. The normalized spacial score (nSPS) is 43.8. The quantitative estimate of drug-likeness (QED) is 0.449. The van der Waals surface area contributed by atoms with E-state index in [9.17, 15) is 4.57 Å². The van der Waals surface area contributed by atoms with Crippen molar-refractivity contribution in [2.24, 2.45) is 4.99 Å². The fraction of sp³-hybridized carbons (Fsp3) is 0. The Morgan fingerprint density at radius 3 is 2.62 bits per heavy atom. The van der Waals surface area contributed by atoms with Gasteiger partial charge in [-0.15, -0.1) is 0 Å². The van der Waals surface area contributed by atoms with Crippen molar-refractivity contribution < 1.29 is 4.57 Å². The molecule has 2 nitrogen and oxygen atoms in total. The van der Waals surface area contributed by atoms with Gasteiger partial charge in [-0.1, -0.05) is 0 Å². The topological polar surface area (TPSA) is 29.4 Å². The van der Waals surface area contributed by atoms with Gasteiger partial charge >= 0.3 is 0 Å². The minimum Gasteiger partial charge on any atom is -0.307 e. The summed E-state index contributed by atoms with van der Waals surface area (Å²) in [4.78, 5) is 3.92. The Morgan fingerprint density at radius 1 is 1.62 bits per heavy atom. The Labute approximate surface area is 46.0 Å². The lowest BCUT2D eigenvalue weighted by Crippen LogP contribution is -1.74. The summed E-state index contributed by atoms with van der Waals surface area (Å²) in [5, 5.41) is 2.17. The molecule has 8 heavy (non-hydrogen) atoms. The number of hydrogen-bond acceptors (Lipinski definition) is 2. The molecule has 0 aromatic rings. The Morgan fingerprint density at radius 2 is 2.38 bits per heavy atom. The van der Waals surface area contributed by atoms with Gasteiger partial charge in [0.15, 0.2) is 7.14 Å². The third-order valence-corrected chi connectivity index (χ3v) is 4.36. The van der Waals surface area contributed by atoms with E-state index in [4.69, 9.17) is 0 Å². The molecule has 3 aliphatic heterocycles. The van der Waals surface area contributed by atoms with E-state index in [1.807, 2.05) is 6.08 Å². The molecule has 0 aromatic heterocycles. The largest absolute Gasteiger partial charge is 0.307 e. The molecule has 3 heteroatoms. The van der Waals surface area contributed by atoms with Crippen LogP contribution >= 0.6 is 7.14 Å². The number of fused-ring (bicyclic) bond motifs is 1. The van der Waals surface area contributed by atoms with Crippen LogP contribution in [-0.4, -0.2) is 6.21 Å².